The molecule has 0 atom stereocenters. The topological polar surface area (TPSA) is 107 Å². The quantitative estimate of drug-likeness (QED) is 0.243. The molecule has 6 nitrogen and oxygen atoms in total. The summed E-state index contributed by atoms with van der Waals surface area (Å²) in [6, 6.07) is 23.8. The third-order valence-corrected chi connectivity index (χ3v) is 5.49. The van der Waals surface area contributed by atoms with E-state index in [9.17, 15) is 20.4 Å². The molecule has 5 aromatic rings. The number of aromatic nitrogens is 2. The molecule has 0 spiro atoms. The lowest BCUT2D eigenvalue weighted by Crippen LogP contribution is -1.94. The van der Waals surface area contributed by atoms with Gasteiger partial charge in [-0.3, -0.25) is 9.97 Å². The van der Waals surface area contributed by atoms with Gasteiger partial charge in [0.25, 0.3) is 0 Å². The minimum Gasteiger partial charge on any atom is -0.508 e. The molecule has 4 N–H and O–H groups in total. The van der Waals surface area contributed by atoms with Gasteiger partial charge in [-0.1, -0.05) is 54.0 Å². The summed E-state index contributed by atoms with van der Waals surface area (Å²) in [4.78, 5) is 9.23. The number of nitrogens with zero attached hydrogens (tertiary/aromatic N) is 2. The van der Waals surface area contributed by atoms with Crippen molar-refractivity contribution in [3.8, 4) is 69.2 Å². The Kier molecular flexibility index (Phi) is 6.63. The van der Waals surface area contributed by atoms with Gasteiger partial charge in [0.15, 0.2) is 0 Å². The lowest BCUT2D eigenvalue weighted by molar-refractivity contribution is 0.449. The average Bonchev–Trinajstić information content (AvgIpc) is 2.90. The normalized spacial score (nSPS) is 10.1. The maximum atomic E-state index is 9.70. The zero-order valence-electron chi connectivity index (χ0n) is 19.9. The molecule has 0 fully saturated rings. The number of phenolic OH excluding ortho intramolecular Hbond substituents is 4. The van der Waals surface area contributed by atoms with E-state index < -0.39 is 0 Å². The molecular formula is C32H20N2O4. The van der Waals surface area contributed by atoms with Crippen molar-refractivity contribution in [2.75, 3.05) is 0 Å². The summed E-state index contributed by atoms with van der Waals surface area (Å²) in [6.07, 6.45) is 3.30. The highest BCUT2D eigenvalue weighted by Gasteiger charge is 2.11. The molecular weight excluding hydrogens is 476 g/mol. The van der Waals surface area contributed by atoms with Crippen LogP contribution in [0.4, 0.5) is 0 Å². The Morgan fingerprint density at radius 3 is 1.55 bits per heavy atom. The van der Waals surface area contributed by atoms with Gasteiger partial charge in [-0.05, 0) is 48.0 Å². The highest BCUT2D eigenvalue weighted by Crippen LogP contribution is 2.30. The Balaban J connectivity index is 1.49. The summed E-state index contributed by atoms with van der Waals surface area (Å²) < 4.78 is 0. The SMILES string of the molecule is Oc1cc(O)cc(C#Cc2ccc(-c3ncc(C#Cc4cc(O)cc(O)c4)cc3-c3ccccc3)nc2)c1. The molecule has 0 amide bonds. The first-order chi connectivity index (χ1) is 18.4. The van der Waals surface area contributed by atoms with Crippen molar-refractivity contribution in [2.24, 2.45) is 0 Å². The maximum absolute atomic E-state index is 9.70. The van der Waals surface area contributed by atoms with E-state index in [0.717, 1.165) is 11.1 Å². The van der Waals surface area contributed by atoms with Crippen molar-refractivity contribution in [3.05, 3.63) is 120 Å². The summed E-state index contributed by atoms with van der Waals surface area (Å²) in [5, 5.41) is 38.7. The Bertz CT molecular complexity index is 1720. The van der Waals surface area contributed by atoms with E-state index in [0.29, 0.717) is 33.6 Å². The van der Waals surface area contributed by atoms with Gasteiger partial charge in [0.1, 0.15) is 23.0 Å². The fourth-order valence-electron chi connectivity index (χ4n) is 3.81. The zero-order chi connectivity index (χ0) is 26.5. The molecule has 5 rings (SSSR count). The van der Waals surface area contributed by atoms with Crippen molar-refractivity contribution in [1.29, 1.82) is 0 Å². The summed E-state index contributed by atoms with van der Waals surface area (Å²) >= 11 is 0. The first-order valence-corrected chi connectivity index (χ1v) is 11.5. The summed E-state index contributed by atoms with van der Waals surface area (Å²) in [5.41, 5.74) is 5.41. The van der Waals surface area contributed by atoms with Crippen molar-refractivity contribution in [3.63, 3.8) is 0 Å². The predicted molar refractivity (Wildman–Crippen MR) is 144 cm³/mol. The fraction of sp³-hybridized carbons (Fsp3) is 0. The smallest absolute Gasteiger partial charge is 0.120 e. The van der Waals surface area contributed by atoms with Crippen LogP contribution in [0.2, 0.25) is 0 Å². The summed E-state index contributed by atoms with van der Waals surface area (Å²) in [5.74, 6) is 11.6. The second-order valence-electron chi connectivity index (χ2n) is 8.39. The van der Waals surface area contributed by atoms with Crippen LogP contribution in [0.15, 0.2) is 97.3 Å². The van der Waals surface area contributed by atoms with Crippen LogP contribution < -0.4 is 0 Å². The van der Waals surface area contributed by atoms with E-state index in [1.54, 1.807) is 12.4 Å². The first kappa shape index (κ1) is 24.0. The molecule has 0 aliphatic rings. The lowest BCUT2D eigenvalue weighted by atomic mass is 10.00. The molecule has 0 aliphatic heterocycles. The van der Waals surface area contributed by atoms with Crippen LogP contribution in [0.5, 0.6) is 23.0 Å². The third-order valence-electron chi connectivity index (χ3n) is 5.49. The molecule has 3 aromatic carbocycles. The third kappa shape index (κ3) is 5.73. The van der Waals surface area contributed by atoms with Crippen molar-refractivity contribution >= 4 is 0 Å². The number of aromatic hydroxyl groups is 4. The number of pyridine rings is 2. The Hall–Kier alpha value is -5.72. The van der Waals surface area contributed by atoms with Crippen LogP contribution in [0, 0.1) is 23.7 Å². The van der Waals surface area contributed by atoms with E-state index in [2.05, 4.69) is 33.6 Å². The van der Waals surface area contributed by atoms with E-state index in [1.807, 2.05) is 48.5 Å². The molecule has 2 heterocycles. The molecule has 0 saturated carbocycles. The van der Waals surface area contributed by atoms with Gasteiger partial charge in [-0.15, -0.1) is 0 Å². The molecule has 6 heteroatoms. The number of phenols is 4. The van der Waals surface area contributed by atoms with Crippen molar-refractivity contribution < 1.29 is 20.4 Å². The number of hydrogen-bond acceptors (Lipinski definition) is 6. The minimum atomic E-state index is -0.0629. The molecule has 38 heavy (non-hydrogen) atoms. The van der Waals surface area contributed by atoms with Crippen LogP contribution in [-0.4, -0.2) is 30.4 Å². The lowest BCUT2D eigenvalue weighted by Gasteiger charge is -2.09. The second kappa shape index (κ2) is 10.5. The average molecular weight is 497 g/mol. The minimum absolute atomic E-state index is 0.0597. The second-order valence-corrected chi connectivity index (χ2v) is 8.39. The van der Waals surface area contributed by atoms with Crippen LogP contribution in [0.25, 0.3) is 22.5 Å². The Morgan fingerprint density at radius 2 is 1.00 bits per heavy atom. The molecule has 0 bridgehead atoms. The fourth-order valence-corrected chi connectivity index (χ4v) is 3.81. The highest BCUT2D eigenvalue weighted by atomic mass is 16.3. The van der Waals surface area contributed by atoms with Gasteiger partial charge < -0.3 is 20.4 Å². The molecule has 0 radical (unpaired) electrons. The number of rotatable bonds is 2. The highest BCUT2D eigenvalue weighted by molar-refractivity contribution is 5.80. The monoisotopic (exact) mass is 496 g/mol. The predicted octanol–water partition coefficient (Wildman–Crippen LogP) is 5.43. The maximum Gasteiger partial charge on any atom is 0.120 e. The van der Waals surface area contributed by atoms with E-state index >= 15 is 0 Å². The summed E-state index contributed by atoms with van der Waals surface area (Å²) in [6.45, 7) is 0. The van der Waals surface area contributed by atoms with E-state index in [1.165, 1.54) is 36.4 Å². The van der Waals surface area contributed by atoms with Crippen molar-refractivity contribution in [2.45, 2.75) is 0 Å². The van der Waals surface area contributed by atoms with Crippen molar-refractivity contribution in [1.82, 2.24) is 9.97 Å². The number of benzene rings is 3. The van der Waals surface area contributed by atoms with Gasteiger partial charge >= 0.3 is 0 Å². The summed E-state index contributed by atoms with van der Waals surface area (Å²) in [7, 11) is 0. The Morgan fingerprint density at radius 1 is 0.474 bits per heavy atom. The van der Waals surface area contributed by atoms with Gasteiger partial charge in [0.05, 0.1) is 11.4 Å². The molecule has 182 valence electrons. The van der Waals surface area contributed by atoms with Crippen LogP contribution in [-0.2, 0) is 0 Å². The number of hydrogen-bond donors (Lipinski definition) is 4. The Labute approximate surface area is 219 Å². The van der Waals surface area contributed by atoms with E-state index in [-0.39, 0.29) is 23.0 Å². The van der Waals surface area contributed by atoms with Crippen LogP contribution >= 0.6 is 0 Å². The standard InChI is InChI=1S/C32H20N2O4/c35-26-12-22(13-27(36)17-26)7-6-21-10-11-31(33-19-21)32-30(25-4-2-1-3-5-25)16-24(20-34-32)9-8-23-14-28(37)18-29(38)15-23/h1-5,10-20,35-38H. The van der Waals surface area contributed by atoms with Gasteiger partial charge in [-0.2, -0.15) is 0 Å². The van der Waals surface area contributed by atoms with Crippen LogP contribution in [0.3, 0.4) is 0 Å². The van der Waals surface area contributed by atoms with Crippen LogP contribution in [0.1, 0.15) is 22.3 Å². The molecule has 0 aliphatic carbocycles. The van der Waals surface area contributed by atoms with Gasteiger partial charge in [0.2, 0.25) is 0 Å². The first-order valence-electron chi connectivity index (χ1n) is 11.5. The molecule has 0 unspecified atom stereocenters. The molecule has 0 saturated heterocycles. The van der Waals surface area contributed by atoms with E-state index in [4.69, 9.17) is 0 Å². The zero-order valence-corrected chi connectivity index (χ0v) is 19.9. The molecule has 2 aromatic heterocycles. The van der Waals surface area contributed by atoms with Gasteiger partial charge in [0, 0.05) is 52.3 Å². The largest absolute Gasteiger partial charge is 0.508 e. The van der Waals surface area contributed by atoms with Gasteiger partial charge in [-0.25, -0.2) is 0 Å².